The van der Waals surface area contributed by atoms with Gasteiger partial charge in [-0.25, -0.2) is 9.79 Å². The molecular weight excluding hydrogens is 675 g/mol. The fourth-order valence-corrected chi connectivity index (χ4v) is 6.66. The van der Waals surface area contributed by atoms with Crippen LogP contribution in [0, 0.1) is 0 Å². The van der Waals surface area contributed by atoms with Gasteiger partial charge >= 0.3 is 5.97 Å². The lowest BCUT2D eigenvalue weighted by atomic mass is 9.96. The first-order valence-corrected chi connectivity index (χ1v) is 15.9. The summed E-state index contributed by atoms with van der Waals surface area (Å²) in [5.74, 6) is 0.529. The highest BCUT2D eigenvalue weighted by Crippen LogP contribution is 2.36. The standard InChI is InChI=1S/C32H27BrCl2N2O5S/c1-4-40-25-13-21(23(33)16-26(25)42-17-20-11-12-22(34)15-24(20)35)14-27-30(38)37-29(19-9-7-6-8-10-19)28(31(39)41-5-2)18(3)36-32(37)43-27/h6-16,29H,4-5,17H2,1-3H3/b27-14-/t29-/m1/s1. The second-order valence-electron chi connectivity index (χ2n) is 9.49. The molecule has 1 aromatic heterocycles. The number of hydrogen-bond acceptors (Lipinski definition) is 7. The maximum atomic E-state index is 14.0. The van der Waals surface area contributed by atoms with E-state index in [0.29, 0.717) is 58.8 Å². The number of aromatic nitrogens is 1. The van der Waals surface area contributed by atoms with Crippen molar-refractivity contribution in [2.24, 2.45) is 4.99 Å². The van der Waals surface area contributed by atoms with Crippen molar-refractivity contribution in [2.45, 2.75) is 33.4 Å². The van der Waals surface area contributed by atoms with Crippen molar-refractivity contribution < 1.29 is 19.0 Å². The Balaban J connectivity index is 1.57. The minimum Gasteiger partial charge on any atom is -0.490 e. The van der Waals surface area contributed by atoms with Gasteiger partial charge in [0.15, 0.2) is 16.3 Å². The Morgan fingerprint density at radius 1 is 1.05 bits per heavy atom. The molecule has 0 radical (unpaired) electrons. The first-order chi connectivity index (χ1) is 20.7. The van der Waals surface area contributed by atoms with E-state index in [2.05, 4.69) is 20.9 Å². The minimum atomic E-state index is -0.670. The number of benzene rings is 3. The molecule has 7 nitrogen and oxygen atoms in total. The van der Waals surface area contributed by atoms with Gasteiger partial charge in [0.1, 0.15) is 6.61 Å². The molecule has 2 heterocycles. The van der Waals surface area contributed by atoms with E-state index < -0.39 is 12.0 Å². The Kier molecular flexibility index (Phi) is 9.76. The highest BCUT2D eigenvalue weighted by Gasteiger charge is 2.33. The van der Waals surface area contributed by atoms with Crippen molar-refractivity contribution in [2.75, 3.05) is 13.2 Å². The predicted octanol–water partition coefficient (Wildman–Crippen LogP) is 6.85. The number of nitrogens with zero attached hydrogens (tertiary/aromatic N) is 2. The Morgan fingerprint density at radius 3 is 2.49 bits per heavy atom. The van der Waals surface area contributed by atoms with Crippen LogP contribution in [0.4, 0.5) is 0 Å². The summed E-state index contributed by atoms with van der Waals surface area (Å²) >= 11 is 17.2. The number of fused-ring (bicyclic) bond motifs is 1. The van der Waals surface area contributed by atoms with Crippen LogP contribution in [0.15, 0.2) is 86.2 Å². The van der Waals surface area contributed by atoms with Crippen LogP contribution in [0.5, 0.6) is 11.5 Å². The van der Waals surface area contributed by atoms with Crippen LogP contribution < -0.4 is 24.4 Å². The molecular formula is C32H27BrCl2N2O5S. The van der Waals surface area contributed by atoms with Gasteiger partial charge in [-0.2, -0.15) is 0 Å². The molecule has 43 heavy (non-hydrogen) atoms. The third-order valence-electron chi connectivity index (χ3n) is 6.68. The van der Waals surface area contributed by atoms with E-state index in [1.807, 2.05) is 49.4 Å². The number of thiazole rings is 1. The second kappa shape index (κ2) is 13.5. The highest BCUT2D eigenvalue weighted by atomic mass is 79.9. The van der Waals surface area contributed by atoms with Crippen LogP contribution in [-0.2, 0) is 16.1 Å². The summed E-state index contributed by atoms with van der Waals surface area (Å²) in [6, 6.07) is 17.6. The van der Waals surface area contributed by atoms with E-state index in [9.17, 15) is 9.59 Å². The van der Waals surface area contributed by atoms with Crippen LogP contribution in [0.2, 0.25) is 10.0 Å². The van der Waals surface area contributed by atoms with Crippen molar-refractivity contribution in [3.05, 3.63) is 123 Å². The zero-order valence-electron chi connectivity index (χ0n) is 23.5. The molecule has 0 fully saturated rings. The van der Waals surface area contributed by atoms with Crippen LogP contribution in [0.3, 0.4) is 0 Å². The van der Waals surface area contributed by atoms with Crippen LogP contribution in [0.25, 0.3) is 6.08 Å². The molecule has 0 spiro atoms. The Labute approximate surface area is 270 Å². The molecule has 1 aliphatic rings. The van der Waals surface area contributed by atoms with E-state index >= 15 is 0 Å². The number of rotatable bonds is 9. The summed E-state index contributed by atoms with van der Waals surface area (Å²) in [7, 11) is 0. The van der Waals surface area contributed by atoms with E-state index in [4.69, 9.17) is 37.4 Å². The largest absolute Gasteiger partial charge is 0.490 e. The fourth-order valence-electron chi connectivity index (χ4n) is 4.72. The Morgan fingerprint density at radius 2 is 1.79 bits per heavy atom. The SMILES string of the molecule is CCOC(=O)C1=C(C)N=c2s/c(=C\c3cc(OCC)c(OCc4ccc(Cl)cc4Cl)cc3Br)c(=O)n2[C@@H]1c1ccccc1. The Hall–Kier alpha value is -3.37. The third-order valence-corrected chi connectivity index (χ3v) is 8.94. The molecule has 5 rings (SSSR count). The average molecular weight is 702 g/mol. The van der Waals surface area contributed by atoms with Gasteiger partial charge in [0.25, 0.3) is 5.56 Å². The second-order valence-corrected chi connectivity index (χ2v) is 12.2. The number of hydrogen-bond donors (Lipinski definition) is 0. The molecule has 11 heteroatoms. The van der Waals surface area contributed by atoms with Gasteiger partial charge in [-0.05, 0) is 62.2 Å². The highest BCUT2D eigenvalue weighted by molar-refractivity contribution is 9.10. The number of halogens is 3. The lowest BCUT2D eigenvalue weighted by molar-refractivity contribution is -0.139. The number of ether oxygens (including phenoxy) is 3. The summed E-state index contributed by atoms with van der Waals surface area (Å²) < 4.78 is 20.0. The van der Waals surface area contributed by atoms with Crippen molar-refractivity contribution >= 4 is 62.5 Å². The zero-order valence-corrected chi connectivity index (χ0v) is 27.4. The lowest BCUT2D eigenvalue weighted by Gasteiger charge is -2.24. The first kappa shape index (κ1) is 31.1. The van der Waals surface area contributed by atoms with Crippen LogP contribution >= 0.6 is 50.5 Å². The van der Waals surface area contributed by atoms with Gasteiger partial charge < -0.3 is 14.2 Å². The molecule has 0 bridgehead atoms. The summed E-state index contributed by atoms with van der Waals surface area (Å²) in [6.07, 6.45) is 1.78. The molecule has 0 unspecified atom stereocenters. The molecule has 0 aliphatic carbocycles. The predicted molar refractivity (Wildman–Crippen MR) is 173 cm³/mol. The van der Waals surface area contributed by atoms with E-state index in [-0.39, 0.29) is 18.8 Å². The van der Waals surface area contributed by atoms with E-state index in [1.54, 1.807) is 42.7 Å². The first-order valence-electron chi connectivity index (χ1n) is 13.5. The Bertz CT molecular complexity index is 1900. The molecule has 222 valence electrons. The van der Waals surface area contributed by atoms with E-state index in [1.165, 1.54) is 11.3 Å². The number of esters is 1. The molecule has 1 atom stereocenters. The van der Waals surface area contributed by atoms with Gasteiger partial charge in [-0.3, -0.25) is 9.36 Å². The topological polar surface area (TPSA) is 79.1 Å². The lowest BCUT2D eigenvalue weighted by Crippen LogP contribution is -2.39. The number of carbonyl (C=O) groups is 1. The molecule has 0 amide bonds. The summed E-state index contributed by atoms with van der Waals surface area (Å²) in [5, 5.41) is 1.05. The third kappa shape index (κ3) is 6.60. The maximum Gasteiger partial charge on any atom is 0.338 e. The van der Waals surface area contributed by atoms with Gasteiger partial charge in [0.05, 0.1) is 35.1 Å². The zero-order chi connectivity index (χ0) is 30.7. The molecule has 1 aliphatic heterocycles. The smallest absolute Gasteiger partial charge is 0.338 e. The summed E-state index contributed by atoms with van der Waals surface area (Å²) in [4.78, 5) is 32.2. The molecule has 4 aromatic rings. The van der Waals surface area contributed by atoms with Crippen molar-refractivity contribution in [3.63, 3.8) is 0 Å². The molecule has 3 aromatic carbocycles. The molecule has 0 saturated heterocycles. The van der Waals surface area contributed by atoms with Crippen molar-refractivity contribution in [1.29, 1.82) is 0 Å². The number of allylic oxidation sites excluding steroid dienone is 1. The van der Waals surface area contributed by atoms with Crippen LogP contribution in [-0.4, -0.2) is 23.8 Å². The van der Waals surface area contributed by atoms with Crippen molar-refractivity contribution in [1.82, 2.24) is 4.57 Å². The molecule has 0 N–H and O–H groups in total. The minimum absolute atomic E-state index is 0.210. The van der Waals surface area contributed by atoms with Crippen LogP contribution in [0.1, 0.15) is 43.5 Å². The normalized spacial score (nSPS) is 14.7. The molecule has 0 saturated carbocycles. The quantitative estimate of drug-likeness (QED) is 0.179. The maximum absolute atomic E-state index is 14.0. The summed E-state index contributed by atoms with van der Waals surface area (Å²) in [6.45, 7) is 6.23. The number of carbonyl (C=O) groups excluding carboxylic acids is 1. The monoisotopic (exact) mass is 700 g/mol. The van der Waals surface area contributed by atoms with Gasteiger partial charge in [-0.1, -0.05) is 86.9 Å². The van der Waals surface area contributed by atoms with Gasteiger partial charge in [0, 0.05) is 20.1 Å². The van der Waals surface area contributed by atoms with Crippen molar-refractivity contribution in [3.8, 4) is 11.5 Å². The average Bonchev–Trinajstić information content (AvgIpc) is 3.28. The van der Waals surface area contributed by atoms with E-state index in [0.717, 1.165) is 11.1 Å². The fraction of sp³-hybridized carbons (Fsp3) is 0.219. The summed E-state index contributed by atoms with van der Waals surface area (Å²) in [5.41, 5.74) is 2.86. The van der Waals surface area contributed by atoms with Gasteiger partial charge in [0.2, 0.25) is 0 Å². The van der Waals surface area contributed by atoms with Gasteiger partial charge in [-0.15, -0.1) is 0 Å².